The van der Waals surface area contributed by atoms with E-state index in [-0.39, 0.29) is 36.2 Å². The Morgan fingerprint density at radius 1 is 1.27 bits per heavy atom. The summed E-state index contributed by atoms with van der Waals surface area (Å²) in [5.41, 5.74) is 0.677. The van der Waals surface area contributed by atoms with Gasteiger partial charge < -0.3 is 24.2 Å². The highest BCUT2D eigenvalue weighted by Crippen LogP contribution is 2.21. The SMILES string of the molecule is CCNC(=NCCc1noc(-c2ccccn2)n1)N1CCOC(C2CCCO2)C1.I. The van der Waals surface area contributed by atoms with Gasteiger partial charge >= 0.3 is 0 Å². The molecule has 0 bridgehead atoms. The van der Waals surface area contributed by atoms with E-state index in [0.717, 1.165) is 45.0 Å². The molecule has 0 radical (unpaired) electrons. The van der Waals surface area contributed by atoms with Crippen LogP contribution < -0.4 is 5.32 Å². The van der Waals surface area contributed by atoms with Crippen LogP contribution >= 0.6 is 24.0 Å². The molecule has 2 aliphatic heterocycles. The zero-order valence-corrected chi connectivity index (χ0v) is 19.5. The van der Waals surface area contributed by atoms with Gasteiger partial charge in [0.25, 0.3) is 5.89 Å². The zero-order chi connectivity index (χ0) is 19.9. The fraction of sp³-hybridized carbons (Fsp3) is 0.600. The maximum absolute atomic E-state index is 5.95. The van der Waals surface area contributed by atoms with Crippen molar-refractivity contribution >= 4 is 29.9 Å². The number of hydrogen-bond acceptors (Lipinski definition) is 7. The predicted octanol–water partition coefficient (Wildman–Crippen LogP) is 2.14. The molecular formula is C20H29IN6O3. The maximum Gasteiger partial charge on any atom is 0.276 e. The van der Waals surface area contributed by atoms with E-state index in [2.05, 4.69) is 32.3 Å². The number of morpholine rings is 1. The van der Waals surface area contributed by atoms with E-state index in [1.165, 1.54) is 0 Å². The van der Waals surface area contributed by atoms with Gasteiger partial charge in [-0.05, 0) is 31.9 Å². The van der Waals surface area contributed by atoms with Gasteiger partial charge in [-0.2, -0.15) is 4.98 Å². The first kappa shape index (κ1) is 22.9. The highest BCUT2D eigenvalue weighted by Gasteiger charge is 2.32. The number of hydrogen-bond donors (Lipinski definition) is 1. The third kappa shape index (κ3) is 5.88. The molecule has 0 aliphatic carbocycles. The van der Waals surface area contributed by atoms with Crippen molar-refractivity contribution < 1.29 is 14.0 Å². The molecule has 2 unspecified atom stereocenters. The Balaban J connectivity index is 0.00000256. The third-order valence-corrected chi connectivity index (χ3v) is 5.06. The molecule has 9 nitrogen and oxygen atoms in total. The van der Waals surface area contributed by atoms with Crippen molar-refractivity contribution in [3.05, 3.63) is 30.2 Å². The lowest BCUT2D eigenvalue weighted by Crippen LogP contribution is -2.53. The first-order valence-electron chi connectivity index (χ1n) is 10.3. The summed E-state index contributed by atoms with van der Waals surface area (Å²) in [6.07, 6.45) is 4.80. The topological polar surface area (TPSA) is 97.9 Å². The summed E-state index contributed by atoms with van der Waals surface area (Å²) in [5, 5.41) is 7.43. The van der Waals surface area contributed by atoms with E-state index in [1.54, 1.807) is 6.20 Å². The number of aliphatic imine (C=N–C) groups is 1. The molecule has 0 aromatic carbocycles. The van der Waals surface area contributed by atoms with Gasteiger partial charge in [-0.3, -0.25) is 9.98 Å². The van der Waals surface area contributed by atoms with Crippen LogP contribution in [0.1, 0.15) is 25.6 Å². The fourth-order valence-corrected chi connectivity index (χ4v) is 3.62. The van der Waals surface area contributed by atoms with Crippen LogP contribution in [0.2, 0.25) is 0 Å². The van der Waals surface area contributed by atoms with Gasteiger partial charge in [0.15, 0.2) is 11.8 Å². The number of rotatable bonds is 6. The number of halogens is 1. The van der Waals surface area contributed by atoms with Crippen molar-refractivity contribution in [2.45, 2.75) is 38.4 Å². The second-order valence-corrected chi connectivity index (χ2v) is 7.12. The van der Waals surface area contributed by atoms with Crippen LogP contribution in [0, 0.1) is 0 Å². The van der Waals surface area contributed by atoms with E-state index in [1.807, 2.05) is 18.2 Å². The first-order chi connectivity index (χ1) is 14.3. The number of nitrogens with zero attached hydrogens (tertiary/aromatic N) is 5. The Labute approximate surface area is 193 Å². The Morgan fingerprint density at radius 2 is 2.17 bits per heavy atom. The molecule has 164 valence electrons. The van der Waals surface area contributed by atoms with Gasteiger partial charge in [-0.15, -0.1) is 24.0 Å². The normalized spacial score (nSPS) is 22.0. The Kier molecular flexibility index (Phi) is 8.82. The van der Waals surface area contributed by atoms with E-state index < -0.39 is 0 Å². The number of guanidine groups is 1. The van der Waals surface area contributed by atoms with E-state index >= 15 is 0 Å². The smallest absolute Gasteiger partial charge is 0.276 e. The summed E-state index contributed by atoms with van der Waals surface area (Å²) in [6, 6.07) is 5.60. The van der Waals surface area contributed by atoms with Crippen LogP contribution in [0.15, 0.2) is 33.9 Å². The van der Waals surface area contributed by atoms with Crippen molar-refractivity contribution in [2.24, 2.45) is 4.99 Å². The minimum atomic E-state index is 0. The molecule has 2 saturated heterocycles. The summed E-state index contributed by atoms with van der Waals surface area (Å²) in [4.78, 5) is 15.7. The predicted molar refractivity (Wildman–Crippen MR) is 123 cm³/mol. The summed E-state index contributed by atoms with van der Waals surface area (Å²) in [6.45, 7) is 6.60. The van der Waals surface area contributed by atoms with E-state index in [0.29, 0.717) is 37.0 Å². The lowest BCUT2D eigenvalue weighted by molar-refractivity contribution is -0.0817. The summed E-state index contributed by atoms with van der Waals surface area (Å²) < 4.78 is 17.1. The average Bonchev–Trinajstić information content (AvgIpc) is 3.46. The molecule has 2 aromatic rings. The molecule has 0 saturated carbocycles. The molecule has 0 spiro atoms. The molecule has 2 atom stereocenters. The Bertz CT molecular complexity index is 797. The van der Waals surface area contributed by atoms with Crippen LogP contribution in [0.4, 0.5) is 0 Å². The number of ether oxygens (including phenoxy) is 2. The number of nitrogens with one attached hydrogen (secondary N) is 1. The monoisotopic (exact) mass is 528 g/mol. The van der Waals surface area contributed by atoms with Crippen molar-refractivity contribution in [1.82, 2.24) is 25.3 Å². The minimum Gasteiger partial charge on any atom is -0.375 e. The van der Waals surface area contributed by atoms with Crippen LogP contribution in [0.5, 0.6) is 0 Å². The minimum absolute atomic E-state index is 0. The van der Waals surface area contributed by atoms with Crippen LogP contribution in [-0.2, 0) is 15.9 Å². The third-order valence-electron chi connectivity index (χ3n) is 5.06. The lowest BCUT2D eigenvalue weighted by atomic mass is 10.1. The molecule has 2 fully saturated rings. The highest BCUT2D eigenvalue weighted by atomic mass is 127. The maximum atomic E-state index is 5.95. The van der Waals surface area contributed by atoms with Gasteiger partial charge in [-0.25, -0.2) is 0 Å². The molecular weight excluding hydrogens is 499 g/mol. The molecule has 30 heavy (non-hydrogen) atoms. The van der Waals surface area contributed by atoms with Crippen LogP contribution in [0.25, 0.3) is 11.6 Å². The fourth-order valence-electron chi connectivity index (χ4n) is 3.62. The van der Waals surface area contributed by atoms with Gasteiger partial charge in [0.05, 0.1) is 12.7 Å². The van der Waals surface area contributed by atoms with Crippen LogP contribution in [0.3, 0.4) is 0 Å². The second-order valence-electron chi connectivity index (χ2n) is 7.12. The Morgan fingerprint density at radius 3 is 2.93 bits per heavy atom. The second kappa shape index (κ2) is 11.6. The number of aromatic nitrogens is 3. The molecule has 4 rings (SSSR count). The molecule has 0 amide bonds. The molecule has 10 heteroatoms. The van der Waals surface area contributed by atoms with Crippen molar-refractivity contribution in [3.8, 4) is 11.6 Å². The van der Waals surface area contributed by atoms with E-state index in [4.69, 9.17) is 19.0 Å². The first-order valence-corrected chi connectivity index (χ1v) is 10.3. The van der Waals surface area contributed by atoms with Gasteiger partial charge in [-0.1, -0.05) is 11.2 Å². The van der Waals surface area contributed by atoms with Gasteiger partial charge in [0.1, 0.15) is 11.8 Å². The molecule has 2 aromatic heterocycles. The van der Waals surface area contributed by atoms with Gasteiger partial charge in [0, 0.05) is 45.4 Å². The van der Waals surface area contributed by atoms with Gasteiger partial charge in [0.2, 0.25) is 0 Å². The Hall–Kier alpha value is -1.79. The average molecular weight is 528 g/mol. The zero-order valence-electron chi connectivity index (χ0n) is 17.2. The summed E-state index contributed by atoms with van der Waals surface area (Å²) in [5.74, 6) is 1.96. The van der Waals surface area contributed by atoms with Crippen molar-refractivity contribution in [2.75, 3.05) is 39.4 Å². The van der Waals surface area contributed by atoms with Crippen LogP contribution in [-0.4, -0.2) is 77.6 Å². The highest BCUT2D eigenvalue weighted by molar-refractivity contribution is 14.0. The largest absolute Gasteiger partial charge is 0.375 e. The number of pyridine rings is 1. The summed E-state index contributed by atoms with van der Waals surface area (Å²) in [7, 11) is 0. The van der Waals surface area contributed by atoms with E-state index in [9.17, 15) is 0 Å². The molecule has 4 heterocycles. The van der Waals surface area contributed by atoms with Crippen molar-refractivity contribution in [1.29, 1.82) is 0 Å². The van der Waals surface area contributed by atoms with Crippen molar-refractivity contribution in [3.63, 3.8) is 0 Å². The molecule has 2 aliphatic rings. The lowest BCUT2D eigenvalue weighted by Gasteiger charge is -2.37. The standard InChI is InChI=1S/C20H28N6O3.HI/c1-2-21-20(26-11-13-28-17(14-26)16-7-5-12-27-16)23-10-8-18-24-19(29-25-18)15-6-3-4-9-22-15;/h3-4,6,9,16-17H,2,5,7-8,10-14H2,1H3,(H,21,23);1H. The quantitative estimate of drug-likeness (QED) is 0.346. The summed E-state index contributed by atoms with van der Waals surface area (Å²) >= 11 is 0. The molecule has 1 N–H and O–H groups in total.